The van der Waals surface area contributed by atoms with Crippen molar-refractivity contribution in [3.05, 3.63) is 0 Å². The molecule has 0 radical (unpaired) electrons. The summed E-state index contributed by atoms with van der Waals surface area (Å²) in [5.74, 6) is 1.75. The van der Waals surface area contributed by atoms with Gasteiger partial charge in [-0.25, -0.2) is 0 Å². The van der Waals surface area contributed by atoms with Crippen LogP contribution in [-0.2, 0) is 0 Å². The lowest BCUT2D eigenvalue weighted by Crippen LogP contribution is -2.42. The van der Waals surface area contributed by atoms with Crippen LogP contribution in [0.3, 0.4) is 0 Å². The SMILES string of the molecule is CCNC1CCC(C)CC1SCCO. The first-order chi connectivity index (χ1) is 6.77. The van der Waals surface area contributed by atoms with Crippen LogP contribution in [0.25, 0.3) is 0 Å². The maximum atomic E-state index is 8.84. The average Bonchev–Trinajstić information content (AvgIpc) is 2.18. The maximum Gasteiger partial charge on any atom is 0.0521 e. The molecule has 84 valence electrons. The van der Waals surface area contributed by atoms with Gasteiger partial charge in [0.2, 0.25) is 0 Å². The highest BCUT2D eigenvalue weighted by Crippen LogP contribution is 2.32. The molecule has 14 heavy (non-hydrogen) atoms. The second-order valence-corrected chi connectivity index (χ2v) is 5.56. The van der Waals surface area contributed by atoms with Gasteiger partial charge in [0, 0.05) is 17.0 Å². The van der Waals surface area contributed by atoms with E-state index < -0.39 is 0 Å². The summed E-state index contributed by atoms with van der Waals surface area (Å²) in [6.45, 7) is 5.89. The monoisotopic (exact) mass is 217 g/mol. The molecular weight excluding hydrogens is 194 g/mol. The Hall–Kier alpha value is 0.270. The molecule has 3 heteroatoms. The zero-order chi connectivity index (χ0) is 10.4. The summed E-state index contributed by atoms with van der Waals surface area (Å²) in [4.78, 5) is 0. The van der Waals surface area contributed by atoms with Crippen molar-refractivity contribution in [2.75, 3.05) is 18.9 Å². The van der Waals surface area contributed by atoms with E-state index in [1.165, 1.54) is 19.3 Å². The number of aliphatic hydroxyl groups is 1. The summed E-state index contributed by atoms with van der Waals surface area (Å²) in [5.41, 5.74) is 0. The van der Waals surface area contributed by atoms with Crippen molar-refractivity contribution >= 4 is 11.8 Å². The summed E-state index contributed by atoms with van der Waals surface area (Å²) in [6.07, 6.45) is 3.97. The predicted molar refractivity (Wildman–Crippen MR) is 63.8 cm³/mol. The van der Waals surface area contributed by atoms with Crippen molar-refractivity contribution in [3.63, 3.8) is 0 Å². The van der Waals surface area contributed by atoms with Crippen molar-refractivity contribution in [2.24, 2.45) is 5.92 Å². The van der Waals surface area contributed by atoms with E-state index in [1.807, 2.05) is 11.8 Å². The summed E-state index contributed by atoms with van der Waals surface area (Å²) in [6, 6.07) is 0.674. The molecule has 3 atom stereocenters. The van der Waals surface area contributed by atoms with Crippen LogP contribution in [0.2, 0.25) is 0 Å². The number of thioether (sulfide) groups is 1. The normalized spacial score (nSPS) is 33.2. The molecule has 0 amide bonds. The minimum Gasteiger partial charge on any atom is -0.396 e. The van der Waals surface area contributed by atoms with E-state index >= 15 is 0 Å². The maximum absolute atomic E-state index is 8.84. The molecule has 1 aliphatic carbocycles. The van der Waals surface area contributed by atoms with Crippen molar-refractivity contribution in [1.29, 1.82) is 0 Å². The molecule has 0 saturated heterocycles. The van der Waals surface area contributed by atoms with Gasteiger partial charge in [-0.3, -0.25) is 0 Å². The number of hydrogen-bond acceptors (Lipinski definition) is 3. The molecule has 0 heterocycles. The van der Waals surface area contributed by atoms with Crippen molar-refractivity contribution in [3.8, 4) is 0 Å². The van der Waals surface area contributed by atoms with Crippen LogP contribution < -0.4 is 5.32 Å². The van der Waals surface area contributed by atoms with E-state index in [-0.39, 0.29) is 0 Å². The Kier molecular flexibility index (Phi) is 5.90. The van der Waals surface area contributed by atoms with Crippen LogP contribution >= 0.6 is 11.8 Å². The second-order valence-electron chi connectivity index (χ2n) is 4.22. The number of aliphatic hydroxyl groups excluding tert-OH is 1. The topological polar surface area (TPSA) is 32.3 Å². The Bertz CT molecular complexity index is 154. The predicted octanol–water partition coefficient (Wildman–Crippen LogP) is 1.88. The lowest BCUT2D eigenvalue weighted by Gasteiger charge is -2.34. The Balaban J connectivity index is 2.37. The molecule has 1 aliphatic rings. The Morgan fingerprint density at radius 1 is 1.43 bits per heavy atom. The second kappa shape index (κ2) is 6.70. The zero-order valence-electron chi connectivity index (χ0n) is 9.33. The standard InChI is InChI=1S/C11H23NOS/c1-3-12-10-5-4-9(2)8-11(10)14-7-6-13/h9-13H,3-8H2,1-2H3. The van der Waals surface area contributed by atoms with Gasteiger partial charge in [0.25, 0.3) is 0 Å². The molecule has 0 aromatic carbocycles. The fourth-order valence-electron chi connectivity index (χ4n) is 2.21. The summed E-state index contributed by atoms with van der Waals surface area (Å²) in [5, 5.41) is 13.1. The fraction of sp³-hybridized carbons (Fsp3) is 1.00. The molecule has 2 nitrogen and oxygen atoms in total. The van der Waals surface area contributed by atoms with Gasteiger partial charge in [0.05, 0.1) is 6.61 Å². The van der Waals surface area contributed by atoms with Crippen LogP contribution in [0.4, 0.5) is 0 Å². The van der Waals surface area contributed by atoms with Gasteiger partial charge in [-0.2, -0.15) is 11.8 Å². The van der Waals surface area contributed by atoms with Crippen LogP contribution in [0.1, 0.15) is 33.1 Å². The van der Waals surface area contributed by atoms with E-state index in [4.69, 9.17) is 5.11 Å². The van der Waals surface area contributed by atoms with E-state index in [2.05, 4.69) is 19.2 Å². The molecule has 2 N–H and O–H groups in total. The average molecular weight is 217 g/mol. The van der Waals surface area contributed by atoms with Crippen LogP contribution in [0, 0.1) is 5.92 Å². The van der Waals surface area contributed by atoms with Gasteiger partial charge in [-0.05, 0) is 31.7 Å². The van der Waals surface area contributed by atoms with Gasteiger partial charge in [0.1, 0.15) is 0 Å². The highest BCUT2D eigenvalue weighted by atomic mass is 32.2. The highest BCUT2D eigenvalue weighted by molar-refractivity contribution is 7.99. The fourth-order valence-corrected chi connectivity index (χ4v) is 3.55. The molecular formula is C11H23NOS. The first-order valence-corrected chi connectivity index (χ1v) is 6.78. The molecule has 0 bridgehead atoms. The van der Waals surface area contributed by atoms with Crippen LogP contribution in [0.5, 0.6) is 0 Å². The molecule has 0 aromatic rings. The Morgan fingerprint density at radius 3 is 2.86 bits per heavy atom. The van der Waals surface area contributed by atoms with Gasteiger partial charge < -0.3 is 10.4 Å². The van der Waals surface area contributed by atoms with Crippen LogP contribution in [-0.4, -0.2) is 35.3 Å². The summed E-state index contributed by atoms with van der Waals surface area (Å²) < 4.78 is 0. The first kappa shape index (κ1) is 12.3. The van der Waals surface area contributed by atoms with Gasteiger partial charge in [0.15, 0.2) is 0 Å². The van der Waals surface area contributed by atoms with E-state index in [1.54, 1.807) is 0 Å². The number of rotatable bonds is 5. The smallest absolute Gasteiger partial charge is 0.0521 e. The number of nitrogens with one attached hydrogen (secondary N) is 1. The number of hydrogen-bond donors (Lipinski definition) is 2. The van der Waals surface area contributed by atoms with Crippen molar-refractivity contribution in [2.45, 2.75) is 44.4 Å². The minimum absolute atomic E-state index is 0.314. The molecule has 0 aromatic heterocycles. The summed E-state index contributed by atoms with van der Waals surface area (Å²) in [7, 11) is 0. The Labute approximate surface area is 91.9 Å². The highest BCUT2D eigenvalue weighted by Gasteiger charge is 2.27. The zero-order valence-corrected chi connectivity index (χ0v) is 10.1. The largest absolute Gasteiger partial charge is 0.396 e. The lowest BCUT2D eigenvalue weighted by atomic mass is 9.87. The first-order valence-electron chi connectivity index (χ1n) is 5.73. The van der Waals surface area contributed by atoms with Crippen molar-refractivity contribution in [1.82, 2.24) is 5.32 Å². The van der Waals surface area contributed by atoms with Crippen LogP contribution in [0.15, 0.2) is 0 Å². The lowest BCUT2D eigenvalue weighted by molar-refractivity contribution is 0.313. The van der Waals surface area contributed by atoms with Gasteiger partial charge in [-0.1, -0.05) is 13.8 Å². The third-order valence-corrected chi connectivity index (χ3v) is 4.31. The van der Waals surface area contributed by atoms with Gasteiger partial charge in [-0.15, -0.1) is 0 Å². The molecule has 1 saturated carbocycles. The van der Waals surface area contributed by atoms with Crippen molar-refractivity contribution < 1.29 is 5.11 Å². The third kappa shape index (κ3) is 3.79. The molecule has 1 rings (SSSR count). The molecule has 1 fully saturated rings. The Morgan fingerprint density at radius 2 is 2.21 bits per heavy atom. The quantitative estimate of drug-likeness (QED) is 0.737. The van der Waals surface area contributed by atoms with E-state index in [0.717, 1.165) is 18.2 Å². The molecule has 0 aliphatic heterocycles. The minimum atomic E-state index is 0.314. The summed E-state index contributed by atoms with van der Waals surface area (Å²) >= 11 is 1.94. The van der Waals surface area contributed by atoms with Gasteiger partial charge >= 0.3 is 0 Å². The third-order valence-electron chi connectivity index (χ3n) is 2.94. The van der Waals surface area contributed by atoms with E-state index in [9.17, 15) is 0 Å². The molecule has 0 spiro atoms. The van der Waals surface area contributed by atoms with E-state index in [0.29, 0.717) is 17.9 Å². The molecule has 3 unspecified atom stereocenters.